The Kier molecular flexibility index (Phi) is 5.20. The van der Waals surface area contributed by atoms with E-state index >= 15 is 0 Å². The molecule has 0 unspecified atom stereocenters. The van der Waals surface area contributed by atoms with Gasteiger partial charge in [-0.2, -0.15) is 0 Å². The molecule has 5 heteroatoms. The third-order valence-electron chi connectivity index (χ3n) is 4.93. The fraction of sp³-hybridized carbons (Fsp3) is 0.125. The average Bonchev–Trinajstić information content (AvgIpc) is 2.73. The van der Waals surface area contributed by atoms with Crippen molar-refractivity contribution >= 4 is 33.5 Å². The molecule has 0 bridgehead atoms. The third-order valence-corrected chi connectivity index (χ3v) is 4.93. The molecule has 2 amide bonds. The minimum Gasteiger partial charge on any atom is -0.368 e. The van der Waals surface area contributed by atoms with Crippen LogP contribution in [0.1, 0.15) is 11.3 Å². The topological polar surface area (TPSA) is 85.1 Å². The Bertz CT molecular complexity index is 1200. The SMILES string of the molecule is NC(=O)[C@H](Cc1ccc2ccccc2n1)NC(=O)Cc1ccc2ccccc2c1. The van der Waals surface area contributed by atoms with E-state index in [1.807, 2.05) is 78.9 Å². The number of hydrogen-bond acceptors (Lipinski definition) is 3. The molecule has 4 aromatic rings. The zero-order valence-electron chi connectivity index (χ0n) is 15.8. The molecular formula is C24H21N3O2. The second kappa shape index (κ2) is 8.10. The van der Waals surface area contributed by atoms with E-state index in [0.717, 1.165) is 27.2 Å². The van der Waals surface area contributed by atoms with Crippen LogP contribution in [-0.2, 0) is 22.4 Å². The maximum absolute atomic E-state index is 12.5. The van der Waals surface area contributed by atoms with Gasteiger partial charge >= 0.3 is 0 Å². The number of hydrogen-bond donors (Lipinski definition) is 2. The lowest BCUT2D eigenvalue weighted by atomic mass is 10.0. The van der Waals surface area contributed by atoms with E-state index in [0.29, 0.717) is 5.69 Å². The van der Waals surface area contributed by atoms with Crippen molar-refractivity contribution in [1.82, 2.24) is 10.3 Å². The maximum atomic E-state index is 12.5. The van der Waals surface area contributed by atoms with E-state index < -0.39 is 11.9 Å². The molecule has 0 radical (unpaired) electrons. The first-order valence-electron chi connectivity index (χ1n) is 9.49. The molecule has 1 atom stereocenters. The van der Waals surface area contributed by atoms with Crippen molar-refractivity contribution in [3.05, 3.63) is 90.1 Å². The number of para-hydroxylation sites is 1. The van der Waals surface area contributed by atoms with E-state index in [-0.39, 0.29) is 18.7 Å². The number of rotatable bonds is 6. The van der Waals surface area contributed by atoms with Crippen LogP contribution in [0.3, 0.4) is 0 Å². The first-order valence-corrected chi connectivity index (χ1v) is 9.49. The van der Waals surface area contributed by atoms with Gasteiger partial charge in [-0.05, 0) is 28.5 Å². The number of nitrogens with zero attached hydrogens (tertiary/aromatic N) is 1. The van der Waals surface area contributed by atoms with Crippen molar-refractivity contribution in [2.24, 2.45) is 5.73 Å². The van der Waals surface area contributed by atoms with Gasteiger partial charge in [0.15, 0.2) is 0 Å². The number of carbonyl (C=O) groups excluding carboxylic acids is 2. The zero-order chi connectivity index (χ0) is 20.2. The molecule has 144 valence electrons. The number of amides is 2. The number of primary amides is 1. The molecule has 0 fully saturated rings. The van der Waals surface area contributed by atoms with Crippen LogP contribution in [0.15, 0.2) is 78.9 Å². The normalized spacial score (nSPS) is 12.0. The fourth-order valence-electron chi connectivity index (χ4n) is 3.43. The maximum Gasteiger partial charge on any atom is 0.240 e. The van der Waals surface area contributed by atoms with Crippen LogP contribution in [0.4, 0.5) is 0 Å². The van der Waals surface area contributed by atoms with Crippen molar-refractivity contribution in [1.29, 1.82) is 0 Å². The summed E-state index contributed by atoms with van der Waals surface area (Å²) in [6.45, 7) is 0. The molecule has 0 saturated carbocycles. The fourth-order valence-corrected chi connectivity index (χ4v) is 3.43. The van der Waals surface area contributed by atoms with Gasteiger partial charge in [0.1, 0.15) is 6.04 Å². The van der Waals surface area contributed by atoms with Crippen LogP contribution in [0.2, 0.25) is 0 Å². The highest BCUT2D eigenvalue weighted by atomic mass is 16.2. The van der Waals surface area contributed by atoms with E-state index in [2.05, 4.69) is 10.3 Å². The molecule has 3 N–H and O–H groups in total. The lowest BCUT2D eigenvalue weighted by Gasteiger charge is -2.15. The van der Waals surface area contributed by atoms with E-state index in [9.17, 15) is 9.59 Å². The Balaban J connectivity index is 1.46. The van der Waals surface area contributed by atoms with Crippen LogP contribution in [-0.4, -0.2) is 22.8 Å². The van der Waals surface area contributed by atoms with Gasteiger partial charge in [-0.3, -0.25) is 14.6 Å². The summed E-state index contributed by atoms with van der Waals surface area (Å²) in [6.07, 6.45) is 0.434. The van der Waals surface area contributed by atoms with Crippen molar-refractivity contribution in [3.63, 3.8) is 0 Å². The van der Waals surface area contributed by atoms with Gasteiger partial charge in [-0.15, -0.1) is 0 Å². The summed E-state index contributed by atoms with van der Waals surface area (Å²) in [5.74, 6) is -0.823. The highest BCUT2D eigenvalue weighted by molar-refractivity contribution is 5.89. The minimum atomic E-state index is -0.809. The van der Waals surface area contributed by atoms with Gasteiger partial charge in [0, 0.05) is 17.5 Å². The summed E-state index contributed by atoms with van der Waals surface area (Å²) in [6, 6.07) is 24.6. The molecule has 29 heavy (non-hydrogen) atoms. The van der Waals surface area contributed by atoms with E-state index in [1.54, 1.807) is 0 Å². The molecule has 0 spiro atoms. The number of aromatic nitrogens is 1. The van der Waals surface area contributed by atoms with E-state index in [4.69, 9.17) is 5.73 Å². The van der Waals surface area contributed by atoms with Gasteiger partial charge in [-0.1, -0.05) is 66.7 Å². The first kappa shape index (κ1) is 18.6. The Morgan fingerprint density at radius 2 is 1.55 bits per heavy atom. The third kappa shape index (κ3) is 4.41. The van der Waals surface area contributed by atoms with Gasteiger partial charge in [0.25, 0.3) is 0 Å². The van der Waals surface area contributed by atoms with Gasteiger partial charge in [-0.25, -0.2) is 0 Å². The number of fused-ring (bicyclic) bond motifs is 2. The quantitative estimate of drug-likeness (QED) is 0.536. The molecule has 5 nitrogen and oxygen atoms in total. The highest BCUT2D eigenvalue weighted by Gasteiger charge is 2.19. The Labute approximate surface area is 168 Å². The van der Waals surface area contributed by atoms with Crippen LogP contribution in [0.25, 0.3) is 21.7 Å². The van der Waals surface area contributed by atoms with Gasteiger partial charge in [0.2, 0.25) is 11.8 Å². The molecule has 0 saturated heterocycles. The standard InChI is InChI=1S/C24H21N3O2/c25-24(29)22(15-20-12-11-18-6-3-4-8-21(18)26-20)27-23(28)14-16-9-10-17-5-1-2-7-19(17)13-16/h1-13,22H,14-15H2,(H2,25,29)(H,27,28)/t22-/m0/s1. The summed E-state index contributed by atoms with van der Waals surface area (Å²) >= 11 is 0. The second-order valence-electron chi connectivity index (χ2n) is 7.08. The van der Waals surface area contributed by atoms with Gasteiger partial charge < -0.3 is 11.1 Å². The molecule has 3 aromatic carbocycles. The Morgan fingerprint density at radius 3 is 2.34 bits per heavy atom. The summed E-state index contributed by atoms with van der Waals surface area (Å²) in [5.41, 5.74) is 7.96. The highest BCUT2D eigenvalue weighted by Crippen LogP contribution is 2.16. The van der Waals surface area contributed by atoms with Crippen LogP contribution in [0, 0.1) is 0 Å². The number of nitrogens with two attached hydrogens (primary N) is 1. The molecule has 1 aromatic heterocycles. The summed E-state index contributed by atoms with van der Waals surface area (Å²) in [7, 11) is 0. The molecule has 0 aliphatic carbocycles. The summed E-state index contributed by atoms with van der Waals surface area (Å²) < 4.78 is 0. The van der Waals surface area contributed by atoms with E-state index in [1.165, 1.54) is 0 Å². The average molecular weight is 383 g/mol. The molecule has 0 aliphatic heterocycles. The molecule has 4 rings (SSSR count). The second-order valence-corrected chi connectivity index (χ2v) is 7.08. The van der Waals surface area contributed by atoms with Crippen molar-refractivity contribution < 1.29 is 9.59 Å². The Hall–Kier alpha value is -3.73. The monoisotopic (exact) mass is 383 g/mol. The van der Waals surface area contributed by atoms with Crippen molar-refractivity contribution in [3.8, 4) is 0 Å². The lowest BCUT2D eigenvalue weighted by molar-refractivity contribution is -0.127. The lowest BCUT2D eigenvalue weighted by Crippen LogP contribution is -2.46. The largest absolute Gasteiger partial charge is 0.368 e. The van der Waals surface area contributed by atoms with Crippen LogP contribution < -0.4 is 11.1 Å². The number of pyridine rings is 1. The molecule has 1 heterocycles. The van der Waals surface area contributed by atoms with Crippen LogP contribution in [0.5, 0.6) is 0 Å². The predicted molar refractivity (Wildman–Crippen MR) is 114 cm³/mol. The minimum absolute atomic E-state index is 0.180. The summed E-state index contributed by atoms with van der Waals surface area (Å²) in [5, 5.41) is 5.97. The number of carbonyl (C=O) groups is 2. The summed E-state index contributed by atoms with van der Waals surface area (Å²) in [4.78, 5) is 29.0. The van der Waals surface area contributed by atoms with Crippen molar-refractivity contribution in [2.75, 3.05) is 0 Å². The molecule has 0 aliphatic rings. The predicted octanol–water partition coefficient (Wildman–Crippen LogP) is 3.14. The zero-order valence-corrected chi connectivity index (χ0v) is 15.8. The van der Waals surface area contributed by atoms with Crippen molar-refractivity contribution in [2.45, 2.75) is 18.9 Å². The number of nitrogens with one attached hydrogen (secondary N) is 1. The van der Waals surface area contributed by atoms with Crippen LogP contribution >= 0.6 is 0 Å². The first-order chi connectivity index (χ1) is 14.1. The smallest absolute Gasteiger partial charge is 0.240 e. The van der Waals surface area contributed by atoms with Gasteiger partial charge in [0.05, 0.1) is 11.9 Å². The molecular weight excluding hydrogens is 362 g/mol. The Morgan fingerprint density at radius 1 is 0.862 bits per heavy atom. The number of benzene rings is 3.